The standard InChI is InChI=1S/C31H28FN3O3/c1-2-33-30(37)27(18-21-10-4-3-5-11-21)34(19-23-12-6-7-16-25(23)32)28(36)20-35-26-17-9-14-22-13-8-15-24(29(22)26)31(35)38/h3-17,27H,2,18-20H2,1H3,(H,33,37). The third-order valence-electron chi connectivity index (χ3n) is 6.86. The molecule has 1 heterocycles. The molecule has 1 aliphatic heterocycles. The van der Waals surface area contributed by atoms with Crippen molar-refractivity contribution in [3.05, 3.63) is 114 Å². The number of rotatable bonds is 9. The van der Waals surface area contributed by atoms with E-state index in [1.807, 2.05) is 60.7 Å². The zero-order valence-corrected chi connectivity index (χ0v) is 21.1. The predicted molar refractivity (Wildman–Crippen MR) is 145 cm³/mol. The Hall–Kier alpha value is -4.52. The summed E-state index contributed by atoms with van der Waals surface area (Å²) in [6.07, 6.45) is 0.247. The molecule has 0 radical (unpaired) electrons. The Morgan fingerprint density at radius 1 is 0.921 bits per heavy atom. The lowest BCUT2D eigenvalue weighted by atomic mass is 10.0. The monoisotopic (exact) mass is 509 g/mol. The molecule has 192 valence electrons. The van der Waals surface area contributed by atoms with Crippen molar-refractivity contribution in [1.29, 1.82) is 0 Å². The lowest BCUT2D eigenvalue weighted by Crippen LogP contribution is -2.53. The molecular formula is C31H28FN3O3. The van der Waals surface area contributed by atoms with E-state index in [4.69, 9.17) is 0 Å². The van der Waals surface area contributed by atoms with E-state index in [0.717, 1.165) is 16.3 Å². The van der Waals surface area contributed by atoms with Gasteiger partial charge < -0.3 is 10.2 Å². The van der Waals surface area contributed by atoms with Crippen molar-refractivity contribution in [2.24, 2.45) is 0 Å². The Morgan fingerprint density at radius 2 is 1.63 bits per heavy atom. The Bertz CT molecular complexity index is 1500. The topological polar surface area (TPSA) is 69.7 Å². The quantitative estimate of drug-likeness (QED) is 0.355. The molecular weight excluding hydrogens is 481 g/mol. The first-order valence-electron chi connectivity index (χ1n) is 12.7. The number of likely N-dealkylation sites (N-methyl/N-ethyl adjacent to an activating group) is 1. The van der Waals surface area contributed by atoms with Crippen LogP contribution in [0, 0.1) is 5.82 Å². The molecule has 0 aromatic heterocycles. The van der Waals surface area contributed by atoms with E-state index in [1.165, 1.54) is 15.9 Å². The number of hydrogen-bond donors (Lipinski definition) is 1. The molecule has 0 fully saturated rings. The summed E-state index contributed by atoms with van der Waals surface area (Å²) in [6, 6.07) is 25.8. The van der Waals surface area contributed by atoms with Gasteiger partial charge in [0.15, 0.2) is 0 Å². The first kappa shape index (κ1) is 25.1. The second-order valence-corrected chi connectivity index (χ2v) is 9.29. The van der Waals surface area contributed by atoms with Gasteiger partial charge in [0.05, 0.1) is 5.69 Å². The van der Waals surface area contributed by atoms with Gasteiger partial charge in [-0.25, -0.2) is 4.39 Å². The van der Waals surface area contributed by atoms with Crippen LogP contribution in [0.2, 0.25) is 0 Å². The highest BCUT2D eigenvalue weighted by atomic mass is 19.1. The molecule has 4 aromatic rings. The van der Waals surface area contributed by atoms with Crippen LogP contribution in [-0.2, 0) is 22.6 Å². The van der Waals surface area contributed by atoms with Gasteiger partial charge in [0.25, 0.3) is 5.91 Å². The second kappa shape index (κ2) is 10.8. The van der Waals surface area contributed by atoms with Crippen molar-refractivity contribution in [2.75, 3.05) is 18.0 Å². The Morgan fingerprint density at radius 3 is 2.37 bits per heavy atom. The largest absolute Gasteiger partial charge is 0.355 e. The number of anilines is 1. The molecule has 1 N–H and O–H groups in total. The fourth-order valence-electron chi connectivity index (χ4n) is 5.02. The van der Waals surface area contributed by atoms with E-state index >= 15 is 0 Å². The molecule has 0 saturated carbocycles. The van der Waals surface area contributed by atoms with Crippen LogP contribution in [0.15, 0.2) is 91.0 Å². The smallest absolute Gasteiger partial charge is 0.259 e. The molecule has 5 rings (SSSR count). The van der Waals surface area contributed by atoms with Gasteiger partial charge in [0.1, 0.15) is 18.4 Å². The van der Waals surface area contributed by atoms with Crippen molar-refractivity contribution < 1.29 is 18.8 Å². The Balaban J connectivity index is 1.51. The number of halogens is 1. The average molecular weight is 510 g/mol. The SMILES string of the molecule is CCNC(=O)C(Cc1ccccc1)N(Cc1ccccc1F)C(=O)CN1C(=O)c2cccc3cccc1c23. The number of carbonyl (C=O) groups is 3. The molecule has 7 heteroatoms. The average Bonchev–Trinajstić information content (AvgIpc) is 3.20. The second-order valence-electron chi connectivity index (χ2n) is 9.29. The van der Waals surface area contributed by atoms with Crippen LogP contribution in [0.4, 0.5) is 10.1 Å². The summed E-state index contributed by atoms with van der Waals surface area (Å²) < 4.78 is 14.7. The number of benzene rings is 4. The lowest BCUT2D eigenvalue weighted by Gasteiger charge is -2.33. The lowest BCUT2D eigenvalue weighted by molar-refractivity contribution is -0.140. The number of hydrogen-bond acceptors (Lipinski definition) is 3. The van der Waals surface area contributed by atoms with Gasteiger partial charge in [0, 0.05) is 36.0 Å². The summed E-state index contributed by atoms with van der Waals surface area (Å²) in [7, 11) is 0. The molecule has 3 amide bonds. The van der Waals surface area contributed by atoms with Crippen molar-refractivity contribution in [1.82, 2.24) is 10.2 Å². The number of nitrogens with one attached hydrogen (secondary N) is 1. The highest BCUT2D eigenvalue weighted by Crippen LogP contribution is 2.37. The summed E-state index contributed by atoms with van der Waals surface area (Å²) in [6.45, 7) is 1.81. The van der Waals surface area contributed by atoms with E-state index in [-0.39, 0.29) is 31.3 Å². The minimum Gasteiger partial charge on any atom is -0.355 e. The Kier molecular flexibility index (Phi) is 7.18. The van der Waals surface area contributed by atoms with Crippen molar-refractivity contribution in [2.45, 2.75) is 25.9 Å². The molecule has 38 heavy (non-hydrogen) atoms. The predicted octanol–water partition coefficient (Wildman–Crippen LogP) is 4.72. The van der Waals surface area contributed by atoms with Crippen LogP contribution >= 0.6 is 0 Å². The zero-order chi connectivity index (χ0) is 26.6. The molecule has 1 unspecified atom stereocenters. The summed E-state index contributed by atoms with van der Waals surface area (Å²) in [5, 5.41) is 4.54. The van der Waals surface area contributed by atoms with Crippen LogP contribution < -0.4 is 10.2 Å². The zero-order valence-electron chi connectivity index (χ0n) is 21.1. The molecule has 1 aliphatic rings. The van der Waals surface area contributed by atoms with Crippen LogP contribution in [0.25, 0.3) is 10.8 Å². The van der Waals surface area contributed by atoms with E-state index in [2.05, 4.69) is 5.32 Å². The van der Waals surface area contributed by atoms with E-state index < -0.39 is 17.8 Å². The number of nitrogens with zero attached hydrogens (tertiary/aromatic N) is 2. The summed E-state index contributed by atoms with van der Waals surface area (Å²) in [5.41, 5.74) is 2.35. The first-order chi connectivity index (χ1) is 18.5. The van der Waals surface area contributed by atoms with Crippen molar-refractivity contribution >= 4 is 34.2 Å². The van der Waals surface area contributed by atoms with Gasteiger partial charge in [-0.15, -0.1) is 0 Å². The van der Waals surface area contributed by atoms with E-state index in [9.17, 15) is 18.8 Å². The molecule has 0 aliphatic carbocycles. The molecule has 6 nitrogen and oxygen atoms in total. The highest BCUT2D eigenvalue weighted by Gasteiger charge is 2.36. The van der Waals surface area contributed by atoms with Crippen LogP contribution in [0.1, 0.15) is 28.4 Å². The summed E-state index contributed by atoms with van der Waals surface area (Å²) in [5.74, 6) is -1.51. The molecule has 1 atom stereocenters. The van der Waals surface area contributed by atoms with Crippen molar-refractivity contribution in [3.63, 3.8) is 0 Å². The maximum absolute atomic E-state index is 14.7. The van der Waals surface area contributed by atoms with Gasteiger partial charge in [0.2, 0.25) is 11.8 Å². The number of amides is 3. The highest BCUT2D eigenvalue weighted by molar-refractivity contribution is 6.26. The third-order valence-corrected chi connectivity index (χ3v) is 6.86. The van der Waals surface area contributed by atoms with Crippen LogP contribution in [-0.4, -0.2) is 41.8 Å². The maximum Gasteiger partial charge on any atom is 0.259 e. The van der Waals surface area contributed by atoms with E-state index in [1.54, 1.807) is 31.2 Å². The fourth-order valence-corrected chi connectivity index (χ4v) is 5.02. The number of carbonyl (C=O) groups excluding carboxylic acids is 3. The van der Waals surface area contributed by atoms with E-state index in [0.29, 0.717) is 23.4 Å². The minimum absolute atomic E-state index is 0.112. The van der Waals surface area contributed by atoms with Gasteiger partial charge in [-0.3, -0.25) is 19.3 Å². The summed E-state index contributed by atoms with van der Waals surface area (Å²) in [4.78, 5) is 43.5. The van der Waals surface area contributed by atoms with Gasteiger partial charge in [-0.2, -0.15) is 0 Å². The first-order valence-corrected chi connectivity index (χ1v) is 12.7. The normalized spacial score (nSPS) is 13.0. The van der Waals surface area contributed by atoms with Gasteiger partial charge >= 0.3 is 0 Å². The van der Waals surface area contributed by atoms with Crippen molar-refractivity contribution in [3.8, 4) is 0 Å². The fraction of sp³-hybridized carbons (Fsp3) is 0.194. The molecule has 0 spiro atoms. The van der Waals surface area contributed by atoms with Gasteiger partial charge in [-0.1, -0.05) is 72.8 Å². The Labute approximate surface area is 220 Å². The maximum atomic E-state index is 14.7. The molecule has 0 bridgehead atoms. The van der Waals surface area contributed by atoms with Crippen LogP contribution in [0.5, 0.6) is 0 Å². The minimum atomic E-state index is -0.902. The molecule has 4 aromatic carbocycles. The van der Waals surface area contributed by atoms with Crippen LogP contribution in [0.3, 0.4) is 0 Å². The third kappa shape index (κ3) is 4.87. The summed E-state index contributed by atoms with van der Waals surface area (Å²) >= 11 is 0. The molecule has 0 saturated heterocycles. The van der Waals surface area contributed by atoms with Gasteiger partial charge in [-0.05, 0) is 36.1 Å².